The van der Waals surface area contributed by atoms with E-state index in [1.54, 1.807) is 4.57 Å². The first kappa shape index (κ1) is 17.0. The van der Waals surface area contributed by atoms with Crippen LogP contribution in [0.4, 0.5) is 0 Å². The molecule has 0 aromatic carbocycles. The van der Waals surface area contributed by atoms with Gasteiger partial charge in [0.1, 0.15) is 0 Å². The lowest BCUT2D eigenvalue weighted by atomic mass is 10.1. The minimum Gasteiger partial charge on any atom is -0.351 e. The SMILES string of the molecule is CCOC(CNC(=O)C1CSc2nccc(=O)n2C1)OCC. The minimum atomic E-state index is -0.438. The molecule has 1 unspecified atom stereocenters. The van der Waals surface area contributed by atoms with Crippen molar-refractivity contribution >= 4 is 17.7 Å². The molecule has 0 bridgehead atoms. The van der Waals surface area contributed by atoms with Gasteiger partial charge in [0.25, 0.3) is 5.56 Å². The van der Waals surface area contributed by atoms with Crippen LogP contribution >= 0.6 is 11.8 Å². The van der Waals surface area contributed by atoms with Crippen molar-refractivity contribution in [3.63, 3.8) is 0 Å². The first-order valence-corrected chi connectivity index (χ1v) is 8.33. The van der Waals surface area contributed by atoms with Crippen molar-refractivity contribution in [2.45, 2.75) is 31.8 Å². The van der Waals surface area contributed by atoms with Crippen LogP contribution in [0.25, 0.3) is 0 Å². The van der Waals surface area contributed by atoms with Gasteiger partial charge >= 0.3 is 0 Å². The van der Waals surface area contributed by atoms with E-state index >= 15 is 0 Å². The second-order valence-electron chi connectivity index (χ2n) is 4.77. The van der Waals surface area contributed by atoms with E-state index in [0.717, 1.165) is 0 Å². The Balaban J connectivity index is 1.91. The number of carbonyl (C=O) groups excluding carboxylic acids is 1. The fraction of sp³-hybridized carbons (Fsp3) is 0.643. The summed E-state index contributed by atoms with van der Waals surface area (Å²) in [5.41, 5.74) is -0.128. The average molecular weight is 327 g/mol. The summed E-state index contributed by atoms with van der Waals surface area (Å²) in [7, 11) is 0. The Morgan fingerprint density at radius 3 is 2.91 bits per heavy atom. The largest absolute Gasteiger partial charge is 0.351 e. The number of fused-ring (bicyclic) bond motifs is 1. The number of nitrogens with one attached hydrogen (secondary N) is 1. The molecule has 0 saturated carbocycles. The molecule has 0 saturated heterocycles. The number of hydrogen-bond donors (Lipinski definition) is 1. The Kier molecular flexibility index (Phi) is 6.41. The highest BCUT2D eigenvalue weighted by atomic mass is 32.2. The zero-order valence-corrected chi connectivity index (χ0v) is 13.6. The number of thioether (sulfide) groups is 1. The van der Waals surface area contributed by atoms with Crippen LogP contribution in [-0.4, -0.2) is 47.3 Å². The highest BCUT2D eigenvalue weighted by molar-refractivity contribution is 7.99. The number of carbonyl (C=O) groups is 1. The summed E-state index contributed by atoms with van der Waals surface area (Å²) in [4.78, 5) is 28.2. The Morgan fingerprint density at radius 2 is 2.23 bits per heavy atom. The van der Waals surface area contributed by atoms with E-state index in [9.17, 15) is 9.59 Å². The first-order valence-electron chi connectivity index (χ1n) is 7.35. The van der Waals surface area contributed by atoms with Crippen LogP contribution in [0.2, 0.25) is 0 Å². The molecule has 2 rings (SSSR count). The number of amides is 1. The monoisotopic (exact) mass is 327 g/mol. The van der Waals surface area contributed by atoms with E-state index in [4.69, 9.17) is 9.47 Å². The van der Waals surface area contributed by atoms with Crippen molar-refractivity contribution in [3.05, 3.63) is 22.6 Å². The molecule has 0 fully saturated rings. The Hall–Kier alpha value is -1.38. The second-order valence-corrected chi connectivity index (χ2v) is 5.76. The summed E-state index contributed by atoms with van der Waals surface area (Å²) in [5, 5.41) is 3.50. The summed E-state index contributed by atoms with van der Waals surface area (Å²) in [5.74, 6) is 0.248. The fourth-order valence-corrected chi connectivity index (χ4v) is 3.24. The van der Waals surface area contributed by atoms with Gasteiger partial charge in [0.15, 0.2) is 11.4 Å². The Bertz CT molecular complexity index is 557. The molecule has 2 heterocycles. The first-order chi connectivity index (χ1) is 10.7. The highest BCUT2D eigenvalue weighted by Gasteiger charge is 2.26. The molecule has 22 heavy (non-hydrogen) atoms. The van der Waals surface area contributed by atoms with E-state index in [1.807, 2.05) is 13.8 Å². The zero-order valence-electron chi connectivity index (χ0n) is 12.8. The minimum absolute atomic E-state index is 0.0988. The topological polar surface area (TPSA) is 82.5 Å². The molecule has 1 atom stereocenters. The molecule has 1 aliphatic rings. The van der Waals surface area contributed by atoms with Gasteiger partial charge in [-0.3, -0.25) is 14.2 Å². The number of rotatable bonds is 7. The van der Waals surface area contributed by atoms with Gasteiger partial charge in [-0.15, -0.1) is 0 Å². The molecule has 122 valence electrons. The number of aromatic nitrogens is 2. The van der Waals surface area contributed by atoms with Crippen LogP contribution in [-0.2, 0) is 20.8 Å². The van der Waals surface area contributed by atoms with Crippen molar-refractivity contribution in [3.8, 4) is 0 Å². The van der Waals surface area contributed by atoms with Crippen LogP contribution in [0.1, 0.15) is 13.8 Å². The maximum absolute atomic E-state index is 12.3. The van der Waals surface area contributed by atoms with E-state index in [-0.39, 0.29) is 17.4 Å². The molecule has 1 amide bonds. The molecule has 1 aromatic rings. The normalized spacial score (nSPS) is 17.3. The molecular formula is C14H21N3O4S. The van der Waals surface area contributed by atoms with Gasteiger partial charge in [-0.1, -0.05) is 11.8 Å². The second kappa shape index (κ2) is 8.30. The number of hydrogen-bond acceptors (Lipinski definition) is 6. The molecule has 0 spiro atoms. The third kappa shape index (κ3) is 4.31. The average Bonchev–Trinajstić information content (AvgIpc) is 2.53. The van der Waals surface area contributed by atoms with Gasteiger partial charge in [-0.25, -0.2) is 4.98 Å². The molecule has 1 aromatic heterocycles. The Labute approximate surface area is 133 Å². The summed E-state index contributed by atoms with van der Waals surface area (Å²) in [6.07, 6.45) is 1.06. The van der Waals surface area contributed by atoms with Crippen molar-refractivity contribution in [1.82, 2.24) is 14.9 Å². The smallest absolute Gasteiger partial charge is 0.254 e. The van der Waals surface area contributed by atoms with Gasteiger partial charge in [-0.05, 0) is 13.8 Å². The van der Waals surface area contributed by atoms with Crippen LogP contribution in [0.3, 0.4) is 0 Å². The molecule has 0 aliphatic carbocycles. The van der Waals surface area contributed by atoms with E-state index in [1.165, 1.54) is 24.0 Å². The maximum Gasteiger partial charge on any atom is 0.254 e. The molecule has 7 nitrogen and oxygen atoms in total. The lowest BCUT2D eigenvalue weighted by molar-refractivity contribution is -0.142. The summed E-state index contributed by atoms with van der Waals surface area (Å²) >= 11 is 1.42. The number of nitrogens with zero attached hydrogens (tertiary/aromatic N) is 2. The van der Waals surface area contributed by atoms with Crippen LogP contribution in [0.5, 0.6) is 0 Å². The third-order valence-corrected chi connectivity index (χ3v) is 4.39. The van der Waals surface area contributed by atoms with Crippen molar-refractivity contribution in [2.75, 3.05) is 25.5 Å². The predicted molar refractivity (Wildman–Crippen MR) is 82.8 cm³/mol. The summed E-state index contributed by atoms with van der Waals surface area (Å²) in [6, 6.07) is 1.41. The molecular weight excluding hydrogens is 306 g/mol. The molecule has 1 N–H and O–H groups in total. The molecule has 1 aliphatic heterocycles. The quantitative estimate of drug-likeness (QED) is 0.579. The van der Waals surface area contributed by atoms with E-state index in [0.29, 0.717) is 37.2 Å². The van der Waals surface area contributed by atoms with Crippen molar-refractivity contribution in [1.29, 1.82) is 0 Å². The highest BCUT2D eigenvalue weighted by Crippen LogP contribution is 2.24. The Morgan fingerprint density at radius 1 is 1.50 bits per heavy atom. The predicted octanol–water partition coefficient (Wildman–Crippen LogP) is 0.480. The van der Waals surface area contributed by atoms with E-state index < -0.39 is 6.29 Å². The van der Waals surface area contributed by atoms with Gasteiger partial charge in [-0.2, -0.15) is 0 Å². The zero-order chi connectivity index (χ0) is 15.9. The van der Waals surface area contributed by atoms with Crippen LogP contribution in [0, 0.1) is 5.92 Å². The van der Waals surface area contributed by atoms with Gasteiger partial charge in [0.2, 0.25) is 5.91 Å². The van der Waals surface area contributed by atoms with Gasteiger partial charge in [0.05, 0.1) is 12.5 Å². The van der Waals surface area contributed by atoms with Crippen molar-refractivity contribution < 1.29 is 14.3 Å². The van der Waals surface area contributed by atoms with Gasteiger partial charge in [0, 0.05) is 37.8 Å². The van der Waals surface area contributed by atoms with Crippen molar-refractivity contribution in [2.24, 2.45) is 5.92 Å². The van der Waals surface area contributed by atoms with Gasteiger partial charge < -0.3 is 14.8 Å². The lowest BCUT2D eigenvalue weighted by Crippen LogP contribution is -2.43. The standard InChI is InChI=1S/C14H21N3O4S/c1-3-20-12(21-4-2)7-16-13(19)10-8-17-11(18)5-6-15-14(17)22-9-10/h5-6,10,12H,3-4,7-9H2,1-2H3,(H,16,19). The molecule has 0 radical (unpaired) electrons. The fourth-order valence-electron chi connectivity index (χ4n) is 2.17. The number of ether oxygens (including phenoxy) is 2. The maximum atomic E-state index is 12.3. The van der Waals surface area contributed by atoms with E-state index in [2.05, 4.69) is 10.3 Å². The van der Waals surface area contributed by atoms with Crippen LogP contribution < -0.4 is 10.9 Å². The van der Waals surface area contributed by atoms with Crippen LogP contribution in [0.15, 0.2) is 22.2 Å². The lowest BCUT2D eigenvalue weighted by Gasteiger charge is -2.25. The summed E-state index contributed by atoms with van der Waals surface area (Å²) < 4.78 is 12.3. The molecule has 8 heteroatoms. The third-order valence-electron chi connectivity index (χ3n) is 3.23. The summed E-state index contributed by atoms with van der Waals surface area (Å²) in [6.45, 7) is 5.46.